The minimum absolute atomic E-state index is 0.153. The summed E-state index contributed by atoms with van der Waals surface area (Å²) < 4.78 is 26.8. The molecule has 0 atom stereocenters. The van der Waals surface area contributed by atoms with E-state index in [-0.39, 0.29) is 11.1 Å². The van der Waals surface area contributed by atoms with Gasteiger partial charge in [0, 0.05) is 12.6 Å². The van der Waals surface area contributed by atoms with Crippen LogP contribution in [0.25, 0.3) is 0 Å². The molecule has 1 heterocycles. The van der Waals surface area contributed by atoms with E-state index in [9.17, 15) is 8.42 Å². The smallest absolute Gasteiger partial charge is 0.260 e. The van der Waals surface area contributed by atoms with Crippen LogP contribution in [0.2, 0.25) is 0 Å². The summed E-state index contributed by atoms with van der Waals surface area (Å²) in [5.74, 6) is 0.322. The molecule has 0 spiro atoms. The SMILES string of the molecule is CC(C)CN(C1CCCC1)S(=O)(=O)c1cnc[nH]1. The third-order valence-corrected chi connectivity index (χ3v) is 5.18. The molecular weight excluding hydrogens is 250 g/mol. The van der Waals surface area contributed by atoms with Crippen molar-refractivity contribution in [2.24, 2.45) is 5.92 Å². The highest BCUT2D eigenvalue weighted by Crippen LogP contribution is 2.28. The van der Waals surface area contributed by atoms with E-state index in [1.54, 1.807) is 4.31 Å². The van der Waals surface area contributed by atoms with Gasteiger partial charge in [-0.2, -0.15) is 4.31 Å². The van der Waals surface area contributed by atoms with Crippen molar-refractivity contribution in [2.45, 2.75) is 50.6 Å². The van der Waals surface area contributed by atoms with Gasteiger partial charge in [-0.05, 0) is 18.8 Å². The molecule has 0 aromatic carbocycles. The number of hydrogen-bond donors (Lipinski definition) is 1. The van der Waals surface area contributed by atoms with Crippen molar-refractivity contribution in [2.75, 3.05) is 6.54 Å². The van der Waals surface area contributed by atoms with Gasteiger partial charge in [-0.1, -0.05) is 26.7 Å². The van der Waals surface area contributed by atoms with Crippen molar-refractivity contribution in [1.82, 2.24) is 14.3 Å². The number of aromatic amines is 1. The van der Waals surface area contributed by atoms with E-state index in [0.717, 1.165) is 25.7 Å². The second kappa shape index (κ2) is 5.40. The molecule has 0 amide bonds. The zero-order valence-corrected chi connectivity index (χ0v) is 11.8. The van der Waals surface area contributed by atoms with Gasteiger partial charge < -0.3 is 4.98 Å². The molecule has 0 aliphatic heterocycles. The summed E-state index contributed by atoms with van der Waals surface area (Å²) in [5, 5.41) is 0.204. The standard InChI is InChI=1S/C12H21N3O2S/c1-10(2)8-15(11-5-3-4-6-11)18(16,17)12-7-13-9-14-12/h7,9-11H,3-6,8H2,1-2H3,(H,13,14). The number of nitrogens with zero attached hydrogens (tertiary/aromatic N) is 2. The van der Waals surface area contributed by atoms with Crippen molar-refractivity contribution >= 4 is 10.0 Å². The topological polar surface area (TPSA) is 66.1 Å². The summed E-state index contributed by atoms with van der Waals surface area (Å²) in [6.45, 7) is 4.67. The Morgan fingerprint density at radius 1 is 1.44 bits per heavy atom. The second-order valence-corrected chi connectivity index (χ2v) is 7.18. The Balaban J connectivity index is 2.27. The Morgan fingerprint density at radius 2 is 2.11 bits per heavy atom. The van der Waals surface area contributed by atoms with Crippen molar-refractivity contribution < 1.29 is 8.42 Å². The van der Waals surface area contributed by atoms with Gasteiger partial charge in [-0.15, -0.1) is 0 Å². The van der Waals surface area contributed by atoms with E-state index in [1.165, 1.54) is 12.5 Å². The maximum Gasteiger partial charge on any atom is 0.260 e. The lowest BCUT2D eigenvalue weighted by Gasteiger charge is -2.28. The van der Waals surface area contributed by atoms with Crippen LogP contribution in [0.4, 0.5) is 0 Å². The second-order valence-electron chi connectivity index (χ2n) is 5.32. The molecule has 1 aliphatic carbocycles. The van der Waals surface area contributed by atoms with Gasteiger partial charge in [-0.25, -0.2) is 13.4 Å². The van der Waals surface area contributed by atoms with Gasteiger partial charge in [0.05, 0.1) is 12.5 Å². The first kappa shape index (κ1) is 13.5. The molecular formula is C12H21N3O2S. The summed E-state index contributed by atoms with van der Waals surface area (Å²) in [5.41, 5.74) is 0. The Labute approximate surface area is 109 Å². The van der Waals surface area contributed by atoms with Crippen LogP contribution in [0.15, 0.2) is 17.6 Å². The maximum atomic E-state index is 12.6. The van der Waals surface area contributed by atoms with Gasteiger partial charge in [0.1, 0.15) is 0 Å². The first-order valence-corrected chi connectivity index (χ1v) is 7.96. The van der Waals surface area contributed by atoms with Gasteiger partial charge in [-0.3, -0.25) is 0 Å². The molecule has 1 fully saturated rings. The highest BCUT2D eigenvalue weighted by atomic mass is 32.2. The van der Waals surface area contributed by atoms with Crippen LogP contribution in [0.1, 0.15) is 39.5 Å². The average molecular weight is 271 g/mol. The van der Waals surface area contributed by atoms with Crippen LogP contribution >= 0.6 is 0 Å². The average Bonchev–Trinajstić information content (AvgIpc) is 2.98. The summed E-state index contributed by atoms with van der Waals surface area (Å²) in [4.78, 5) is 6.53. The third-order valence-electron chi connectivity index (χ3n) is 3.34. The van der Waals surface area contributed by atoms with Crippen LogP contribution in [-0.4, -0.2) is 35.3 Å². The lowest BCUT2D eigenvalue weighted by Crippen LogP contribution is -2.41. The number of hydrogen-bond acceptors (Lipinski definition) is 3. The summed E-state index contributed by atoms with van der Waals surface area (Å²) in [7, 11) is -3.42. The number of aromatic nitrogens is 2. The molecule has 1 N–H and O–H groups in total. The predicted molar refractivity (Wildman–Crippen MR) is 69.6 cm³/mol. The number of sulfonamides is 1. The van der Waals surface area contributed by atoms with E-state index in [4.69, 9.17) is 0 Å². The van der Waals surface area contributed by atoms with Crippen LogP contribution in [0.5, 0.6) is 0 Å². The van der Waals surface area contributed by atoms with Crippen LogP contribution in [0.3, 0.4) is 0 Å². The van der Waals surface area contributed by atoms with E-state index in [1.807, 2.05) is 13.8 Å². The molecule has 5 nitrogen and oxygen atoms in total. The number of nitrogens with one attached hydrogen (secondary N) is 1. The number of rotatable bonds is 5. The molecule has 1 aliphatic rings. The molecule has 1 aromatic rings. The van der Waals surface area contributed by atoms with Crippen molar-refractivity contribution in [3.63, 3.8) is 0 Å². The van der Waals surface area contributed by atoms with Crippen molar-refractivity contribution in [3.05, 3.63) is 12.5 Å². The van der Waals surface area contributed by atoms with Crippen LogP contribution in [-0.2, 0) is 10.0 Å². The summed E-state index contributed by atoms with van der Waals surface area (Å²) in [6, 6.07) is 0.153. The Hall–Kier alpha value is -0.880. The van der Waals surface area contributed by atoms with Crippen LogP contribution in [0, 0.1) is 5.92 Å². The molecule has 0 saturated heterocycles. The van der Waals surface area contributed by atoms with Crippen LogP contribution < -0.4 is 0 Å². The fourth-order valence-electron chi connectivity index (χ4n) is 2.51. The van der Waals surface area contributed by atoms with Gasteiger partial charge >= 0.3 is 0 Å². The fraction of sp³-hybridized carbons (Fsp3) is 0.750. The van der Waals surface area contributed by atoms with E-state index >= 15 is 0 Å². The minimum atomic E-state index is -3.42. The number of imidazole rings is 1. The molecule has 6 heteroatoms. The first-order chi connectivity index (χ1) is 8.51. The fourth-order valence-corrected chi connectivity index (χ4v) is 4.25. The van der Waals surface area contributed by atoms with Crippen molar-refractivity contribution in [1.29, 1.82) is 0 Å². The van der Waals surface area contributed by atoms with Gasteiger partial charge in [0.2, 0.25) is 0 Å². The highest BCUT2D eigenvalue weighted by molar-refractivity contribution is 7.89. The largest absolute Gasteiger partial charge is 0.335 e. The molecule has 0 bridgehead atoms. The maximum absolute atomic E-state index is 12.6. The quantitative estimate of drug-likeness (QED) is 0.890. The third kappa shape index (κ3) is 2.75. The molecule has 0 radical (unpaired) electrons. The monoisotopic (exact) mass is 271 g/mol. The molecule has 1 saturated carbocycles. The molecule has 2 rings (SSSR count). The van der Waals surface area contributed by atoms with E-state index < -0.39 is 10.0 Å². The van der Waals surface area contributed by atoms with Gasteiger partial charge in [0.15, 0.2) is 5.03 Å². The normalized spacial score (nSPS) is 18.0. The number of H-pyrrole nitrogens is 1. The predicted octanol–water partition coefficient (Wildman–Crippen LogP) is 2.00. The van der Waals surface area contributed by atoms with Crippen molar-refractivity contribution in [3.8, 4) is 0 Å². The lowest BCUT2D eigenvalue weighted by atomic mass is 10.2. The molecule has 0 unspecified atom stereocenters. The minimum Gasteiger partial charge on any atom is -0.335 e. The Kier molecular flexibility index (Phi) is 4.07. The first-order valence-electron chi connectivity index (χ1n) is 6.52. The molecule has 1 aromatic heterocycles. The highest BCUT2D eigenvalue weighted by Gasteiger charge is 2.34. The lowest BCUT2D eigenvalue weighted by molar-refractivity contribution is 0.292. The zero-order valence-electron chi connectivity index (χ0n) is 11.0. The Bertz CT molecular complexity index is 462. The van der Waals surface area contributed by atoms with Gasteiger partial charge in [0.25, 0.3) is 10.0 Å². The van der Waals surface area contributed by atoms with E-state index in [2.05, 4.69) is 9.97 Å². The Morgan fingerprint density at radius 3 is 2.61 bits per heavy atom. The summed E-state index contributed by atoms with van der Waals surface area (Å²) in [6.07, 6.45) is 6.99. The molecule has 18 heavy (non-hydrogen) atoms. The zero-order chi connectivity index (χ0) is 13.2. The van der Waals surface area contributed by atoms with E-state index in [0.29, 0.717) is 12.5 Å². The molecule has 102 valence electrons. The summed E-state index contributed by atoms with van der Waals surface area (Å²) >= 11 is 0.